The number of unbranched alkanes of at least 4 members (excludes halogenated alkanes) is 10. The van der Waals surface area contributed by atoms with Gasteiger partial charge in [0.15, 0.2) is 0 Å². The van der Waals surface area contributed by atoms with Crippen LogP contribution in [0.5, 0.6) is 0 Å². The Morgan fingerprint density at radius 1 is 0.290 bits per heavy atom. The van der Waals surface area contributed by atoms with Gasteiger partial charge >= 0.3 is 0 Å². The van der Waals surface area contributed by atoms with Gasteiger partial charge < -0.3 is 111 Å². The number of aliphatic hydroxyl groups is 14. The summed E-state index contributed by atoms with van der Waals surface area (Å²) in [5, 5.41) is 121. The van der Waals surface area contributed by atoms with Crippen molar-refractivity contribution in [3.63, 3.8) is 0 Å². The van der Waals surface area contributed by atoms with E-state index in [1.54, 1.807) is 13.8 Å². The molecule has 0 bridgehead atoms. The smallest absolute Gasteiger partial charge is 0.120 e. The summed E-state index contributed by atoms with van der Waals surface area (Å²) in [6, 6.07) is 0. The molecule has 0 radical (unpaired) electrons. The summed E-state index contributed by atoms with van der Waals surface area (Å²) in [5.41, 5.74) is -0.851. The normalized spacial score (nSPS) is 11.8. The monoisotopic (exact) mass is 1550 g/mol. The van der Waals surface area contributed by atoms with Gasteiger partial charge in [0, 0.05) is 72.2 Å². The molecule has 3 unspecified atom stereocenters. The lowest BCUT2D eigenvalue weighted by atomic mass is 10.1. The third-order valence-corrected chi connectivity index (χ3v) is 16.6. The number of nitrogens with zero attached hydrogens (tertiary/aromatic N) is 10. The highest BCUT2D eigenvalue weighted by atomic mass is 16.3. The molecule has 0 aliphatic heterocycles. The van der Waals surface area contributed by atoms with Crippen molar-refractivity contribution in [1.29, 1.82) is 0 Å². The highest BCUT2D eigenvalue weighted by Gasteiger charge is 2.09. The predicted octanol–water partition coefficient (Wildman–Crippen LogP) is 7.28. The summed E-state index contributed by atoms with van der Waals surface area (Å²) >= 11 is 0. The Morgan fingerprint density at radius 3 is 0.850 bits per heavy atom. The molecule has 3 atom stereocenters. The van der Waals surface area contributed by atoms with Crippen LogP contribution in [-0.2, 0) is 0 Å². The minimum Gasteiger partial charge on any atom is -0.396 e. The average molecular weight is 1550 g/mol. The molecule has 0 saturated carbocycles. The van der Waals surface area contributed by atoms with Gasteiger partial charge in [0.05, 0.1) is 71.1 Å². The first-order valence-electron chi connectivity index (χ1n) is 42.5. The molecule has 658 valence electrons. The molecule has 0 amide bonds. The summed E-state index contributed by atoms with van der Waals surface area (Å²) in [6.45, 7) is 59.4. The molecule has 107 heavy (non-hydrogen) atoms. The van der Waals surface area contributed by atoms with Crippen LogP contribution in [0.3, 0.4) is 0 Å². The first-order chi connectivity index (χ1) is 51.1. The van der Waals surface area contributed by atoms with Crippen molar-refractivity contribution in [1.82, 2.24) is 49.0 Å². The van der Waals surface area contributed by atoms with Crippen LogP contribution in [0.2, 0.25) is 0 Å². The number of likely N-dealkylation sites (N-methyl/N-ethyl adjacent to an activating group) is 4. The van der Waals surface area contributed by atoms with E-state index in [0.717, 1.165) is 117 Å². The zero-order valence-electron chi connectivity index (χ0n) is 74.6. The van der Waals surface area contributed by atoms with Gasteiger partial charge in [-0.1, -0.05) is 153 Å². The molecule has 0 aromatic heterocycles. The molecular formula is C83H192N10O14. The van der Waals surface area contributed by atoms with Crippen molar-refractivity contribution in [3.8, 4) is 11.8 Å². The summed E-state index contributed by atoms with van der Waals surface area (Å²) < 4.78 is 0. The van der Waals surface area contributed by atoms with Gasteiger partial charge in [-0.05, 0) is 244 Å². The second-order valence-electron chi connectivity index (χ2n) is 28.2. The van der Waals surface area contributed by atoms with Crippen LogP contribution in [-0.4, -0.2) is 409 Å². The van der Waals surface area contributed by atoms with Gasteiger partial charge in [-0.2, -0.15) is 0 Å². The maximum atomic E-state index is 9.14. The summed E-state index contributed by atoms with van der Waals surface area (Å²) in [5.74, 6) is 5.57. The van der Waals surface area contributed by atoms with Gasteiger partial charge in [0.1, 0.15) is 5.60 Å². The Balaban J connectivity index is -0.000000123. The van der Waals surface area contributed by atoms with E-state index in [4.69, 9.17) is 71.5 Å². The molecule has 14 N–H and O–H groups in total. The topological polar surface area (TPSA) is 316 Å². The highest BCUT2D eigenvalue weighted by molar-refractivity contribution is 5.10. The summed E-state index contributed by atoms with van der Waals surface area (Å²) in [6.07, 6.45) is 23.7. The van der Waals surface area contributed by atoms with Crippen molar-refractivity contribution < 1.29 is 71.5 Å². The van der Waals surface area contributed by atoms with E-state index in [-0.39, 0.29) is 45.7 Å². The molecule has 0 saturated heterocycles. The average Bonchev–Trinajstić information content (AvgIpc) is 3.74. The van der Waals surface area contributed by atoms with E-state index in [2.05, 4.69) is 110 Å². The van der Waals surface area contributed by atoms with Crippen LogP contribution < -0.4 is 0 Å². The van der Waals surface area contributed by atoms with Crippen molar-refractivity contribution >= 4 is 0 Å². The van der Waals surface area contributed by atoms with Gasteiger partial charge in [0.25, 0.3) is 0 Å². The molecule has 0 aromatic carbocycles. The van der Waals surface area contributed by atoms with Crippen LogP contribution in [0, 0.1) is 11.8 Å². The van der Waals surface area contributed by atoms with Crippen molar-refractivity contribution in [2.75, 3.05) is 265 Å². The number of aliphatic hydroxyl groups excluding tert-OH is 13. The fourth-order valence-corrected chi connectivity index (χ4v) is 9.57. The Kier molecular flexibility index (Phi) is 128. The lowest BCUT2D eigenvalue weighted by molar-refractivity contribution is 0.0623. The molecule has 0 rings (SSSR count). The molecule has 24 heteroatoms. The Bertz CT molecular complexity index is 1510. The summed E-state index contributed by atoms with van der Waals surface area (Å²) in [7, 11) is 9.43. The Morgan fingerprint density at radius 2 is 0.570 bits per heavy atom. The minimum absolute atomic E-state index is 0.134. The molecule has 0 aliphatic carbocycles. The van der Waals surface area contributed by atoms with Crippen LogP contribution >= 0.6 is 0 Å². The zero-order valence-corrected chi connectivity index (χ0v) is 74.6. The largest absolute Gasteiger partial charge is 0.396 e. The van der Waals surface area contributed by atoms with Gasteiger partial charge in [0.2, 0.25) is 0 Å². The molecule has 0 fully saturated rings. The standard InChI is InChI=1S/C12H27NO.C11H25NO.2C10H23NO.C9H21NO.C8H15NO.C7H17NO2.C6H15NO2.2C5H13NO2/c1-3-5-9-13(10-6-4-2)11-7-8-12-14;1-3-5-8-12(9-6-4-2)10-7-11-13;1-3-11(4-2)9-7-5-6-8-10-12;1-3-5-7-11(9-10-12)8-6-4-2;1-4-10(5-2)8-6-7-9(3)11;1-8(2,10)6-5-7-9(3)4;1-3-8(4-2)5-7(10)6-9;1-2-7(3-5-8)4-6-9;1-6(2)3-5(8)4-7;1-6(2-4-7)3-5-8/h14H,3-12H2,1-2H3;13H,3-11H2,1-2H3;2*12H,3-10H2,1-2H3;9,11H,4-8H2,1-3H3;10H,7H2,1-4H3;7,9-10H,3-6H2,1-2H3;8-9H,2-6H2,1H3;5,7-8H,3-4H2,1-2H3;7-8H,2-5H2,1H3. The van der Waals surface area contributed by atoms with E-state index in [1.165, 1.54) is 136 Å². The fourth-order valence-electron chi connectivity index (χ4n) is 9.57. The van der Waals surface area contributed by atoms with Crippen molar-refractivity contribution in [3.05, 3.63) is 0 Å². The quantitative estimate of drug-likeness (QED) is 0.0210. The third-order valence-electron chi connectivity index (χ3n) is 16.6. The van der Waals surface area contributed by atoms with Gasteiger partial charge in [-0.3, -0.25) is 9.80 Å². The molecule has 24 nitrogen and oxygen atoms in total. The maximum Gasteiger partial charge on any atom is 0.120 e. The van der Waals surface area contributed by atoms with E-state index < -0.39 is 17.8 Å². The summed E-state index contributed by atoms with van der Waals surface area (Å²) in [4.78, 5) is 21.9. The lowest BCUT2D eigenvalue weighted by Crippen LogP contribution is -2.33. The second kappa shape index (κ2) is 109. The fraction of sp³-hybridized carbons (Fsp3) is 0.976. The Labute approximate surface area is 663 Å². The lowest BCUT2D eigenvalue weighted by Gasteiger charge is -2.21. The van der Waals surface area contributed by atoms with Gasteiger partial charge in [-0.25, -0.2) is 0 Å². The van der Waals surface area contributed by atoms with Crippen LogP contribution in [0.1, 0.15) is 246 Å². The van der Waals surface area contributed by atoms with E-state index >= 15 is 0 Å². The molecule has 0 heterocycles. The second-order valence-corrected chi connectivity index (χ2v) is 28.2. The third kappa shape index (κ3) is 128. The number of hydrogen-bond acceptors (Lipinski definition) is 24. The maximum absolute atomic E-state index is 9.14. The first-order valence-corrected chi connectivity index (χ1v) is 42.5. The molecular weight excluding hydrogens is 1360 g/mol. The number of hydrogen-bond donors (Lipinski definition) is 14. The van der Waals surface area contributed by atoms with E-state index in [9.17, 15) is 0 Å². The first kappa shape index (κ1) is 126. The molecule has 0 aromatic rings. The number of rotatable bonds is 59. The van der Waals surface area contributed by atoms with Crippen molar-refractivity contribution in [2.45, 2.75) is 270 Å². The SMILES string of the molecule is CCCCN(CCCC)CCCCO.CCCCN(CCCC)CCCO.CCCCN(CCO)CCCC.CCN(CC)CC(O)CO.CCN(CC)CCCC(C)O.CCN(CC)CCCCCCO.CCN(CCO)CCO.CN(C)CC#CC(C)(C)O.CN(C)CC(O)CO.CN(CCO)CCO. The van der Waals surface area contributed by atoms with E-state index in [0.29, 0.717) is 72.2 Å². The Hall–Kier alpha value is -1.40. The predicted molar refractivity (Wildman–Crippen MR) is 459 cm³/mol. The van der Waals surface area contributed by atoms with Crippen LogP contribution in [0.25, 0.3) is 0 Å². The highest BCUT2D eigenvalue weighted by Crippen LogP contribution is 2.05. The minimum atomic E-state index is -0.851. The van der Waals surface area contributed by atoms with Crippen LogP contribution in [0.4, 0.5) is 0 Å². The van der Waals surface area contributed by atoms with Crippen LogP contribution in [0.15, 0.2) is 0 Å². The molecule has 0 spiro atoms. The zero-order chi connectivity index (χ0) is 84.0. The van der Waals surface area contributed by atoms with Crippen molar-refractivity contribution in [2.24, 2.45) is 0 Å². The van der Waals surface area contributed by atoms with E-state index in [1.807, 2.05) is 82.5 Å². The van der Waals surface area contributed by atoms with Gasteiger partial charge in [-0.15, -0.1) is 0 Å². The molecule has 0 aliphatic rings.